The van der Waals surface area contributed by atoms with Gasteiger partial charge in [0.2, 0.25) is 0 Å². The number of nitrogens with one attached hydrogen (secondary N) is 1. The van der Waals surface area contributed by atoms with Crippen LogP contribution in [-0.4, -0.2) is 25.7 Å². The van der Waals surface area contributed by atoms with Crippen molar-refractivity contribution < 1.29 is 31.8 Å². The van der Waals surface area contributed by atoms with Gasteiger partial charge in [0.1, 0.15) is 33.4 Å². The molecular formula is C20H15Cl4F4NO3. The largest absolute Gasteiger partial charge is 0.492 e. The second-order valence-electron chi connectivity index (χ2n) is 6.17. The highest BCUT2D eigenvalue weighted by Gasteiger charge is 2.31. The Hall–Kier alpha value is -1.87. The predicted octanol–water partition coefficient (Wildman–Crippen LogP) is 7.05. The van der Waals surface area contributed by atoms with Gasteiger partial charge in [-0.15, -0.1) is 0 Å². The molecule has 0 saturated heterocycles. The molecule has 12 heteroatoms. The molecule has 0 spiro atoms. The fraction of sp³-hybridized carbons (Fsp3) is 0.250. The maximum absolute atomic E-state index is 13.8. The van der Waals surface area contributed by atoms with Crippen LogP contribution in [0.2, 0.25) is 10.0 Å². The van der Waals surface area contributed by atoms with Gasteiger partial charge in [0, 0.05) is 18.7 Å². The minimum atomic E-state index is -4.70. The minimum absolute atomic E-state index is 0.0414. The minimum Gasteiger partial charge on any atom is -0.492 e. The summed E-state index contributed by atoms with van der Waals surface area (Å²) in [4.78, 5) is 12.0. The van der Waals surface area contributed by atoms with Crippen molar-refractivity contribution in [3.8, 4) is 11.5 Å². The van der Waals surface area contributed by atoms with Crippen molar-refractivity contribution in [1.29, 1.82) is 0 Å². The van der Waals surface area contributed by atoms with Crippen molar-refractivity contribution in [3.63, 3.8) is 0 Å². The molecule has 0 heterocycles. The number of alkyl halides is 3. The lowest BCUT2D eigenvalue weighted by molar-refractivity contribution is -0.137. The van der Waals surface area contributed by atoms with E-state index in [9.17, 15) is 22.4 Å². The number of rotatable bonds is 9. The zero-order valence-electron chi connectivity index (χ0n) is 16.0. The normalized spacial score (nSPS) is 11.1. The van der Waals surface area contributed by atoms with Gasteiger partial charge >= 0.3 is 6.18 Å². The second-order valence-corrected chi connectivity index (χ2v) is 7.97. The van der Waals surface area contributed by atoms with Gasteiger partial charge in [-0.05, 0) is 30.7 Å². The lowest BCUT2D eigenvalue weighted by Gasteiger charge is -2.12. The van der Waals surface area contributed by atoms with Crippen molar-refractivity contribution in [3.05, 3.63) is 67.9 Å². The van der Waals surface area contributed by atoms with Crippen LogP contribution >= 0.6 is 46.4 Å². The third-order valence-corrected chi connectivity index (χ3v) is 4.95. The zero-order chi connectivity index (χ0) is 23.9. The van der Waals surface area contributed by atoms with Crippen molar-refractivity contribution in [1.82, 2.24) is 5.32 Å². The highest BCUT2D eigenvalue weighted by Crippen LogP contribution is 2.36. The topological polar surface area (TPSA) is 47.6 Å². The molecule has 1 N–H and O–H groups in total. The van der Waals surface area contributed by atoms with Crippen LogP contribution in [-0.2, 0) is 6.18 Å². The fourth-order valence-electron chi connectivity index (χ4n) is 2.36. The number of hydrogen-bond donors (Lipinski definition) is 1. The van der Waals surface area contributed by atoms with Crippen LogP contribution < -0.4 is 14.8 Å². The number of ether oxygens (including phenoxy) is 2. The molecule has 0 aliphatic carbocycles. The van der Waals surface area contributed by atoms with Crippen LogP contribution in [0.5, 0.6) is 11.5 Å². The van der Waals surface area contributed by atoms with Gasteiger partial charge in [-0.1, -0.05) is 46.4 Å². The van der Waals surface area contributed by atoms with Gasteiger partial charge in [0.15, 0.2) is 0 Å². The van der Waals surface area contributed by atoms with Gasteiger partial charge < -0.3 is 14.8 Å². The third-order valence-electron chi connectivity index (χ3n) is 3.86. The molecule has 0 fully saturated rings. The Labute approximate surface area is 201 Å². The number of hydrogen-bond acceptors (Lipinski definition) is 3. The molecular weight excluding hydrogens is 520 g/mol. The average Bonchev–Trinajstić information content (AvgIpc) is 2.69. The first-order chi connectivity index (χ1) is 15.0. The summed E-state index contributed by atoms with van der Waals surface area (Å²) in [6.45, 7) is 0.259. The molecule has 1 amide bonds. The summed E-state index contributed by atoms with van der Waals surface area (Å²) in [7, 11) is 0. The molecule has 0 saturated carbocycles. The van der Waals surface area contributed by atoms with Gasteiger partial charge in [0.05, 0.1) is 22.8 Å². The zero-order valence-corrected chi connectivity index (χ0v) is 19.1. The van der Waals surface area contributed by atoms with Crippen molar-refractivity contribution in [2.45, 2.75) is 12.6 Å². The van der Waals surface area contributed by atoms with Crippen LogP contribution in [0.15, 0.2) is 40.9 Å². The highest BCUT2D eigenvalue weighted by atomic mass is 35.5. The lowest BCUT2D eigenvalue weighted by atomic mass is 10.1. The van der Waals surface area contributed by atoms with Crippen molar-refractivity contribution in [2.24, 2.45) is 0 Å². The monoisotopic (exact) mass is 533 g/mol. The summed E-state index contributed by atoms with van der Waals surface area (Å²) in [6.07, 6.45) is -2.99. The molecule has 0 bridgehead atoms. The van der Waals surface area contributed by atoms with E-state index in [1.165, 1.54) is 18.2 Å². The van der Waals surface area contributed by atoms with E-state index in [0.717, 1.165) is 6.07 Å². The summed E-state index contributed by atoms with van der Waals surface area (Å²) in [5, 5.41) is 2.74. The van der Waals surface area contributed by atoms with E-state index in [1.54, 1.807) is 0 Å². The summed E-state index contributed by atoms with van der Waals surface area (Å²) in [5.74, 6) is -1.53. The van der Waals surface area contributed by atoms with Crippen LogP contribution in [0.1, 0.15) is 22.3 Å². The molecule has 2 aromatic carbocycles. The maximum Gasteiger partial charge on any atom is 0.416 e. The average molecular weight is 535 g/mol. The molecule has 4 nitrogen and oxygen atoms in total. The smallest absolute Gasteiger partial charge is 0.416 e. The Balaban J connectivity index is 1.86. The Kier molecular flexibility index (Phi) is 9.76. The van der Waals surface area contributed by atoms with E-state index >= 15 is 0 Å². The molecule has 2 aromatic rings. The van der Waals surface area contributed by atoms with Crippen LogP contribution in [0.3, 0.4) is 0 Å². The van der Waals surface area contributed by atoms with Gasteiger partial charge in [-0.25, -0.2) is 4.39 Å². The van der Waals surface area contributed by atoms with Crippen molar-refractivity contribution >= 4 is 52.3 Å². The molecule has 174 valence electrons. The van der Waals surface area contributed by atoms with Gasteiger partial charge in [-0.2, -0.15) is 13.2 Å². The summed E-state index contributed by atoms with van der Waals surface area (Å²) >= 11 is 23.1. The van der Waals surface area contributed by atoms with Crippen LogP contribution in [0, 0.1) is 5.82 Å². The maximum atomic E-state index is 13.8. The second kappa shape index (κ2) is 11.8. The first kappa shape index (κ1) is 26.4. The standard InChI is InChI=1S/C20H15Cl4F4NO3/c21-14-9-12(31-7-4-17(22)23)10-16(18(14)24)32-6-1-5-29-19(30)13-3-2-11(8-15(13)25)20(26,27)28/h2-4,8-10H,1,5-7H2,(H,29,30). The van der Waals surface area contributed by atoms with Crippen LogP contribution in [0.4, 0.5) is 17.6 Å². The summed E-state index contributed by atoms with van der Waals surface area (Å²) in [5.41, 5.74) is -1.67. The van der Waals surface area contributed by atoms with Gasteiger partial charge in [0.25, 0.3) is 5.91 Å². The molecule has 0 aliphatic heterocycles. The highest BCUT2D eigenvalue weighted by molar-refractivity contribution is 6.55. The van der Waals surface area contributed by atoms with Crippen LogP contribution in [0.25, 0.3) is 0 Å². The summed E-state index contributed by atoms with van der Waals surface area (Å²) in [6, 6.07) is 4.67. The van der Waals surface area contributed by atoms with Gasteiger partial charge in [-0.3, -0.25) is 4.79 Å². The quantitative estimate of drug-likeness (QED) is 0.277. The lowest BCUT2D eigenvalue weighted by Crippen LogP contribution is -2.26. The predicted molar refractivity (Wildman–Crippen MR) is 116 cm³/mol. The molecule has 0 aromatic heterocycles. The molecule has 0 aliphatic rings. The summed E-state index contributed by atoms with van der Waals surface area (Å²) < 4.78 is 62.6. The van der Waals surface area contributed by atoms with E-state index in [-0.39, 0.29) is 52.5 Å². The Bertz CT molecular complexity index is 996. The van der Waals surface area contributed by atoms with E-state index in [4.69, 9.17) is 55.9 Å². The molecule has 0 atom stereocenters. The number of benzene rings is 2. The number of amides is 1. The van der Waals surface area contributed by atoms with E-state index < -0.39 is 29.0 Å². The molecule has 32 heavy (non-hydrogen) atoms. The third kappa shape index (κ3) is 7.92. The Morgan fingerprint density at radius 3 is 2.44 bits per heavy atom. The number of carbonyl (C=O) groups is 1. The SMILES string of the molecule is O=C(NCCCOc1cc(OCC=C(Cl)Cl)cc(Cl)c1Cl)c1ccc(C(F)(F)F)cc1F. The van der Waals surface area contributed by atoms with E-state index in [0.29, 0.717) is 11.8 Å². The molecule has 0 unspecified atom stereocenters. The van der Waals surface area contributed by atoms with E-state index in [1.807, 2.05) is 0 Å². The number of carbonyl (C=O) groups excluding carboxylic acids is 1. The van der Waals surface area contributed by atoms with E-state index in [2.05, 4.69) is 5.32 Å². The number of halogens is 8. The fourth-order valence-corrected chi connectivity index (χ4v) is 2.85. The van der Waals surface area contributed by atoms with Crippen molar-refractivity contribution in [2.75, 3.05) is 19.8 Å². The Morgan fingerprint density at radius 1 is 1.09 bits per heavy atom. The first-order valence-corrected chi connectivity index (χ1v) is 10.4. The molecule has 2 rings (SSSR count). The first-order valence-electron chi connectivity index (χ1n) is 8.89. The Morgan fingerprint density at radius 2 is 1.81 bits per heavy atom. The molecule has 0 radical (unpaired) electrons.